The number of hydrogen-bond acceptors (Lipinski definition) is 6. The Balaban J connectivity index is 2.81. The van der Waals surface area contributed by atoms with Crippen LogP contribution in [0.2, 0.25) is 0 Å². The third-order valence-corrected chi connectivity index (χ3v) is 0.351. The predicted octanol–water partition coefficient (Wildman–Crippen LogP) is -0.119. The Kier molecular flexibility index (Phi) is 2.95. The van der Waals surface area contributed by atoms with E-state index >= 15 is 0 Å². The number of nitroso groups, excluding NO2 is 1. The number of hydrazine groups is 1. The molecule has 0 bridgehead atoms. The van der Waals surface area contributed by atoms with Gasteiger partial charge in [0.25, 0.3) is 0 Å². The average Bonchev–Trinajstić information content (AvgIpc) is 1.35. The van der Waals surface area contributed by atoms with Gasteiger partial charge in [-0.25, -0.2) is 5.84 Å². The Bertz CT molecular complexity index is 44.1. The first-order valence-corrected chi connectivity index (χ1v) is 1.74. The maximum Gasteiger partial charge on any atom is 0.151 e. The second-order valence-corrected chi connectivity index (χ2v) is 1.15. The molecule has 0 amide bonds. The largest absolute Gasteiger partial charge is 0.288 e. The first kappa shape index (κ1) is 5.83. The van der Waals surface area contributed by atoms with Crippen molar-refractivity contribution in [3.8, 4) is 0 Å². The van der Waals surface area contributed by atoms with Crippen LogP contribution in [0.5, 0.6) is 0 Å². The van der Waals surface area contributed by atoms with Crippen molar-refractivity contribution in [2.24, 2.45) is 10.4 Å². The SMILES string of the molecule is NN(O)SN=O. The fraction of sp³-hybridized carbons (Fsp3) is 0. The van der Waals surface area contributed by atoms with Gasteiger partial charge in [0.15, 0.2) is 12.1 Å². The third kappa shape index (κ3) is 3.83. The highest BCUT2D eigenvalue weighted by molar-refractivity contribution is 7.95. The molecule has 0 unspecified atom stereocenters. The Hall–Kier alpha value is -0.170. The maximum atomic E-state index is 9.05. The molecule has 0 atom stereocenters. The summed E-state index contributed by atoms with van der Waals surface area (Å²) < 4.78 is 2.27. The van der Waals surface area contributed by atoms with Crippen molar-refractivity contribution in [2.75, 3.05) is 0 Å². The van der Waals surface area contributed by atoms with Crippen LogP contribution in [-0.2, 0) is 0 Å². The standard InChI is InChI=1S/H3N3O2S/c1-3(5)6-2-4/h5H,1H2. The summed E-state index contributed by atoms with van der Waals surface area (Å²) in [4.78, 5) is 9.05. The van der Waals surface area contributed by atoms with E-state index in [-0.39, 0.29) is 16.7 Å². The lowest BCUT2D eigenvalue weighted by Gasteiger charge is -1.92. The van der Waals surface area contributed by atoms with Gasteiger partial charge in [-0.2, -0.15) is 0 Å². The summed E-state index contributed by atoms with van der Waals surface area (Å²) in [6.45, 7) is 0. The second-order valence-electron chi connectivity index (χ2n) is 0.459. The normalized spacial score (nSPS) is 9.17. The molecule has 0 radical (unpaired) electrons. The smallest absolute Gasteiger partial charge is 0.151 e. The first-order chi connectivity index (χ1) is 2.77. The minimum atomic E-state index is 0.118. The molecule has 0 heterocycles. The fourth-order valence-corrected chi connectivity index (χ4v) is 0.102. The van der Waals surface area contributed by atoms with E-state index in [1.54, 1.807) is 0 Å². The fourth-order valence-electron chi connectivity index (χ4n) is 0.0342. The van der Waals surface area contributed by atoms with E-state index in [9.17, 15) is 0 Å². The van der Waals surface area contributed by atoms with Crippen molar-refractivity contribution in [1.82, 2.24) is 4.58 Å². The molecule has 36 valence electrons. The number of rotatable bonds is 2. The van der Waals surface area contributed by atoms with Gasteiger partial charge < -0.3 is 0 Å². The number of nitrogens with zero attached hydrogens (tertiary/aromatic N) is 2. The third-order valence-electron chi connectivity index (χ3n) is 0.117. The molecule has 0 aliphatic carbocycles. The summed E-state index contributed by atoms with van der Waals surface area (Å²) in [7, 11) is 0. The maximum absolute atomic E-state index is 9.05. The first-order valence-electron chi connectivity index (χ1n) is 1.01. The summed E-state index contributed by atoms with van der Waals surface area (Å²) in [5.41, 5.74) is 0. The van der Waals surface area contributed by atoms with Gasteiger partial charge in [-0.1, -0.05) is 0 Å². The van der Waals surface area contributed by atoms with E-state index < -0.39 is 0 Å². The molecule has 0 fully saturated rings. The van der Waals surface area contributed by atoms with Crippen LogP contribution in [0, 0.1) is 4.91 Å². The van der Waals surface area contributed by atoms with Gasteiger partial charge in [0.2, 0.25) is 0 Å². The van der Waals surface area contributed by atoms with E-state index in [0.717, 1.165) is 0 Å². The zero-order valence-electron chi connectivity index (χ0n) is 2.74. The van der Waals surface area contributed by atoms with Gasteiger partial charge in [-0.05, 0) is 4.58 Å². The predicted molar refractivity (Wildman–Crippen MR) is 21.2 cm³/mol. The van der Waals surface area contributed by atoms with Crippen LogP contribution < -0.4 is 5.84 Å². The van der Waals surface area contributed by atoms with E-state index in [2.05, 4.69) is 10.4 Å². The minimum Gasteiger partial charge on any atom is -0.288 e. The number of hydrogen-bond donors (Lipinski definition) is 2. The van der Waals surface area contributed by atoms with E-state index in [4.69, 9.17) is 10.1 Å². The van der Waals surface area contributed by atoms with Crippen LogP contribution in [0.4, 0.5) is 0 Å². The van der Waals surface area contributed by atoms with Crippen molar-refractivity contribution < 1.29 is 5.21 Å². The number of nitrogens with two attached hydrogens (primary N) is 1. The van der Waals surface area contributed by atoms with Gasteiger partial charge in [0, 0.05) is 4.58 Å². The molecular weight excluding hydrogens is 106 g/mol. The molecule has 0 saturated carbocycles. The van der Waals surface area contributed by atoms with E-state index in [1.165, 1.54) is 0 Å². The van der Waals surface area contributed by atoms with Crippen molar-refractivity contribution in [2.45, 2.75) is 0 Å². The molecule has 0 aromatic rings. The zero-order chi connectivity index (χ0) is 4.99. The molecule has 0 aliphatic heterocycles. The van der Waals surface area contributed by atoms with E-state index in [0.29, 0.717) is 0 Å². The van der Waals surface area contributed by atoms with Crippen molar-refractivity contribution >= 4 is 12.1 Å². The molecule has 6 heavy (non-hydrogen) atoms. The lowest BCUT2D eigenvalue weighted by atomic mass is 12.8. The van der Waals surface area contributed by atoms with Gasteiger partial charge in [0.05, 0.1) is 0 Å². The van der Waals surface area contributed by atoms with Crippen molar-refractivity contribution in [3.63, 3.8) is 0 Å². The Morgan fingerprint density at radius 1 is 2.00 bits per heavy atom. The molecular formula is H3N3O2S. The van der Waals surface area contributed by atoms with E-state index in [1.807, 2.05) is 0 Å². The monoisotopic (exact) mass is 109 g/mol. The van der Waals surface area contributed by atoms with Crippen LogP contribution >= 0.6 is 12.1 Å². The van der Waals surface area contributed by atoms with Gasteiger partial charge in [-0.3, -0.25) is 5.21 Å². The molecule has 0 spiro atoms. The summed E-state index contributed by atoms with van der Waals surface area (Å²) in [5, 5.41) is 7.83. The summed E-state index contributed by atoms with van der Waals surface area (Å²) >= 11 is 0.222. The van der Waals surface area contributed by atoms with Crippen LogP contribution in [0.1, 0.15) is 0 Å². The van der Waals surface area contributed by atoms with Gasteiger partial charge in [0.1, 0.15) is 0 Å². The quantitative estimate of drug-likeness (QED) is 0.224. The minimum absolute atomic E-state index is 0.118. The Morgan fingerprint density at radius 3 is 2.50 bits per heavy atom. The highest BCUT2D eigenvalue weighted by Gasteiger charge is 1.85. The second kappa shape index (κ2) is 3.04. The summed E-state index contributed by atoms with van der Waals surface area (Å²) in [6, 6.07) is 0. The molecule has 5 nitrogen and oxygen atoms in total. The highest BCUT2D eigenvalue weighted by Crippen LogP contribution is 1.97. The van der Waals surface area contributed by atoms with Crippen molar-refractivity contribution in [1.29, 1.82) is 0 Å². The molecule has 0 rings (SSSR count). The summed E-state index contributed by atoms with van der Waals surface area (Å²) in [5.74, 6) is 4.46. The zero-order valence-corrected chi connectivity index (χ0v) is 3.55. The van der Waals surface area contributed by atoms with Gasteiger partial charge in [-0.15, -0.1) is 4.91 Å². The lowest BCUT2D eigenvalue weighted by Crippen LogP contribution is -2.16. The molecule has 0 saturated heterocycles. The molecule has 3 N–H and O–H groups in total. The van der Waals surface area contributed by atoms with Crippen LogP contribution in [0.15, 0.2) is 4.58 Å². The lowest BCUT2D eigenvalue weighted by molar-refractivity contribution is 0.0164. The van der Waals surface area contributed by atoms with Gasteiger partial charge >= 0.3 is 0 Å². The van der Waals surface area contributed by atoms with Crippen LogP contribution in [-0.4, -0.2) is 9.78 Å². The molecule has 0 aliphatic rings. The van der Waals surface area contributed by atoms with Crippen molar-refractivity contribution in [3.05, 3.63) is 4.91 Å². The molecule has 6 heteroatoms. The van der Waals surface area contributed by atoms with Crippen LogP contribution in [0.3, 0.4) is 0 Å². The topological polar surface area (TPSA) is 78.9 Å². The average molecular weight is 109 g/mol. The Labute approximate surface area is 38.3 Å². The Morgan fingerprint density at radius 2 is 2.50 bits per heavy atom. The van der Waals surface area contributed by atoms with Crippen LogP contribution in [0.25, 0.3) is 0 Å². The highest BCUT2D eigenvalue weighted by atomic mass is 32.2. The molecule has 0 aromatic carbocycles. The molecule has 0 aromatic heterocycles. The summed E-state index contributed by atoms with van der Waals surface area (Å²) in [6.07, 6.45) is 0.